The first-order valence-corrected chi connectivity index (χ1v) is 4.35. The minimum Gasteiger partial charge on any atom is -0.353 e. The molecule has 4 nitrogen and oxygen atoms in total. The van der Waals surface area contributed by atoms with Crippen LogP contribution in [-0.2, 0) is 13.0 Å². The van der Waals surface area contributed by atoms with Gasteiger partial charge < -0.3 is 9.42 Å². The van der Waals surface area contributed by atoms with Crippen LogP contribution in [0.2, 0.25) is 0 Å². The zero-order valence-electron chi connectivity index (χ0n) is 7.83. The molecule has 1 aromatic heterocycles. The Hall–Kier alpha value is -1.16. The van der Waals surface area contributed by atoms with E-state index >= 15 is 0 Å². The predicted octanol–water partition coefficient (Wildman–Crippen LogP) is 0.865. The van der Waals surface area contributed by atoms with Crippen molar-refractivity contribution in [3.63, 3.8) is 0 Å². The Labute approximate surface area is 76.5 Å². The largest absolute Gasteiger partial charge is 0.353 e. The van der Waals surface area contributed by atoms with Gasteiger partial charge in [0.05, 0.1) is 5.69 Å². The number of fused-ring (bicyclic) bond motifs is 1. The number of hydrogen-bond acceptors (Lipinski definition) is 4. The van der Waals surface area contributed by atoms with Gasteiger partial charge in [0.25, 0.3) is 0 Å². The van der Waals surface area contributed by atoms with Gasteiger partial charge in [-0.05, 0) is 7.05 Å². The van der Waals surface area contributed by atoms with Crippen molar-refractivity contribution in [2.75, 3.05) is 13.6 Å². The van der Waals surface area contributed by atoms with Gasteiger partial charge in [0.2, 0.25) is 5.76 Å². The van der Waals surface area contributed by atoms with Gasteiger partial charge in [-0.25, -0.2) is 0 Å². The molecular weight excluding hydrogens is 168 g/mol. The van der Waals surface area contributed by atoms with Crippen LogP contribution in [0, 0.1) is 0 Å². The first-order chi connectivity index (χ1) is 6.18. The van der Waals surface area contributed by atoms with Gasteiger partial charge in [0.1, 0.15) is 0 Å². The maximum atomic E-state index is 11.1. The number of Topliss-reactive ketones (excluding diaryl/α,β-unsaturated/α-hetero) is 1. The Bertz CT molecular complexity index is 343. The molecule has 0 saturated heterocycles. The van der Waals surface area contributed by atoms with Crippen molar-refractivity contribution in [3.8, 4) is 0 Å². The lowest BCUT2D eigenvalue weighted by atomic mass is 10.1. The molecule has 0 bridgehead atoms. The van der Waals surface area contributed by atoms with Crippen LogP contribution < -0.4 is 0 Å². The van der Waals surface area contributed by atoms with Gasteiger partial charge in [-0.3, -0.25) is 4.79 Å². The van der Waals surface area contributed by atoms with Crippen LogP contribution in [0.5, 0.6) is 0 Å². The van der Waals surface area contributed by atoms with Crippen LogP contribution in [0.3, 0.4) is 0 Å². The minimum atomic E-state index is -0.0379. The lowest BCUT2D eigenvalue weighted by molar-refractivity contribution is 0.0976. The molecule has 0 atom stereocenters. The first-order valence-electron chi connectivity index (χ1n) is 4.35. The van der Waals surface area contributed by atoms with E-state index < -0.39 is 0 Å². The summed E-state index contributed by atoms with van der Waals surface area (Å²) >= 11 is 0. The Morgan fingerprint density at radius 1 is 1.62 bits per heavy atom. The molecule has 1 aliphatic heterocycles. The van der Waals surface area contributed by atoms with Crippen molar-refractivity contribution in [1.82, 2.24) is 10.1 Å². The van der Waals surface area contributed by atoms with E-state index in [9.17, 15) is 4.79 Å². The highest BCUT2D eigenvalue weighted by Gasteiger charge is 2.23. The maximum Gasteiger partial charge on any atom is 0.206 e. The van der Waals surface area contributed by atoms with E-state index in [1.165, 1.54) is 6.92 Å². The van der Waals surface area contributed by atoms with Crippen molar-refractivity contribution < 1.29 is 9.32 Å². The van der Waals surface area contributed by atoms with Crippen LogP contribution in [-0.4, -0.2) is 29.4 Å². The van der Waals surface area contributed by atoms with E-state index in [4.69, 9.17) is 4.52 Å². The van der Waals surface area contributed by atoms with Gasteiger partial charge in [0.15, 0.2) is 5.78 Å². The fourth-order valence-corrected chi connectivity index (χ4v) is 1.62. The van der Waals surface area contributed by atoms with Gasteiger partial charge in [-0.15, -0.1) is 0 Å². The third-order valence-electron chi connectivity index (χ3n) is 2.35. The zero-order valence-corrected chi connectivity index (χ0v) is 7.83. The van der Waals surface area contributed by atoms with E-state index in [-0.39, 0.29) is 5.78 Å². The molecular formula is C9H12N2O2. The summed E-state index contributed by atoms with van der Waals surface area (Å²) in [7, 11) is 2.03. The van der Waals surface area contributed by atoms with E-state index in [0.717, 1.165) is 30.8 Å². The third kappa shape index (κ3) is 1.37. The molecule has 4 heteroatoms. The minimum absolute atomic E-state index is 0.0379. The van der Waals surface area contributed by atoms with Gasteiger partial charge in [-0.2, -0.15) is 0 Å². The van der Waals surface area contributed by atoms with Crippen LogP contribution >= 0.6 is 0 Å². The highest BCUT2D eigenvalue weighted by Crippen LogP contribution is 2.21. The van der Waals surface area contributed by atoms with Crippen molar-refractivity contribution in [2.24, 2.45) is 0 Å². The summed E-state index contributed by atoms with van der Waals surface area (Å²) in [5, 5.41) is 3.89. The summed E-state index contributed by atoms with van der Waals surface area (Å²) in [6.45, 7) is 3.26. The number of carbonyl (C=O) groups excluding carboxylic acids is 1. The molecule has 70 valence electrons. The first kappa shape index (κ1) is 8.44. The average Bonchev–Trinajstić information content (AvgIpc) is 2.46. The fraction of sp³-hybridized carbons (Fsp3) is 0.556. The smallest absolute Gasteiger partial charge is 0.206 e. The number of aromatic nitrogens is 1. The number of likely N-dealkylation sites (N-methyl/N-ethyl adjacent to an activating group) is 1. The normalized spacial score (nSPS) is 17.1. The van der Waals surface area contributed by atoms with Crippen molar-refractivity contribution in [1.29, 1.82) is 0 Å². The van der Waals surface area contributed by atoms with Crippen LogP contribution in [0.15, 0.2) is 4.52 Å². The van der Waals surface area contributed by atoms with Gasteiger partial charge in [-0.1, -0.05) is 5.16 Å². The van der Waals surface area contributed by atoms with Crippen LogP contribution in [0.4, 0.5) is 0 Å². The Morgan fingerprint density at radius 2 is 2.38 bits per heavy atom. The summed E-state index contributed by atoms with van der Waals surface area (Å²) < 4.78 is 5.00. The molecule has 0 N–H and O–H groups in total. The molecule has 0 saturated carbocycles. The molecule has 0 spiro atoms. The monoisotopic (exact) mass is 180 g/mol. The number of ketones is 1. The predicted molar refractivity (Wildman–Crippen MR) is 46.5 cm³/mol. The zero-order chi connectivity index (χ0) is 9.42. The van der Waals surface area contributed by atoms with Crippen LogP contribution in [0.25, 0.3) is 0 Å². The lowest BCUT2D eigenvalue weighted by Gasteiger charge is -2.20. The SMILES string of the molecule is CC(=O)c1onc2c1CN(C)CC2. The molecule has 0 amide bonds. The molecule has 1 aliphatic rings. The maximum absolute atomic E-state index is 11.1. The number of rotatable bonds is 1. The second-order valence-electron chi connectivity index (χ2n) is 3.48. The van der Waals surface area contributed by atoms with Crippen LogP contribution in [0.1, 0.15) is 28.7 Å². The highest BCUT2D eigenvalue weighted by molar-refractivity contribution is 5.92. The standard InChI is InChI=1S/C9H12N2O2/c1-6(12)9-7-5-11(2)4-3-8(7)10-13-9/h3-5H2,1-2H3. The highest BCUT2D eigenvalue weighted by atomic mass is 16.5. The summed E-state index contributed by atoms with van der Waals surface area (Å²) in [6.07, 6.45) is 0.878. The van der Waals surface area contributed by atoms with Crippen molar-refractivity contribution >= 4 is 5.78 Å². The molecule has 0 fully saturated rings. The fourth-order valence-electron chi connectivity index (χ4n) is 1.62. The molecule has 0 unspecified atom stereocenters. The van der Waals surface area contributed by atoms with Crippen molar-refractivity contribution in [3.05, 3.63) is 17.0 Å². The van der Waals surface area contributed by atoms with E-state index in [0.29, 0.717) is 5.76 Å². The summed E-state index contributed by atoms with van der Waals surface area (Å²) in [5.74, 6) is 0.394. The molecule has 2 rings (SSSR count). The molecule has 13 heavy (non-hydrogen) atoms. The second kappa shape index (κ2) is 2.96. The summed E-state index contributed by atoms with van der Waals surface area (Å²) in [4.78, 5) is 13.3. The Kier molecular flexibility index (Phi) is 1.92. The van der Waals surface area contributed by atoms with Gasteiger partial charge in [0, 0.05) is 32.0 Å². The topological polar surface area (TPSA) is 46.3 Å². The second-order valence-corrected chi connectivity index (χ2v) is 3.48. The third-order valence-corrected chi connectivity index (χ3v) is 2.35. The van der Waals surface area contributed by atoms with E-state index in [1.807, 2.05) is 7.05 Å². The average molecular weight is 180 g/mol. The van der Waals surface area contributed by atoms with Gasteiger partial charge >= 0.3 is 0 Å². The summed E-state index contributed by atoms with van der Waals surface area (Å²) in [5.41, 5.74) is 1.92. The lowest BCUT2D eigenvalue weighted by Crippen LogP contribution is -2.26. The Morgan fingerprint density at radius 3 is 3.08 bits per heavy atom. The Balaban J connectivity index is 2.41. The number of carbonyl (C=O) groups is 1. The molecule has 0 aromatic carbocycles. The van der Waals surface area contributed by atoms with Crippen molar-refractivity contribution in [2.45, 2.75) is 19.9 Å². The van der Waals surface area contributed by atoms with E-state index in [2.05, 4.69) is 10.1 Å². The number of hydrogen-bond donors (Lipinski definition) is 0. The molecule has 1 aromatic rings. The summed E-state index contributed by atoms with van der Waals surface area (Å²) in [6, 6.07) is 0. The quantitative estimate of drug-likeness (QED) is 0.601. The molecule has 0 radical (unpaired) electrons. The molecule has 0 aliphatic carbocycles. The van der Waals surface area contributed by atoms with E-state index in [1.54, 1.807) is 0 Å². The number of nitrogens with zero attached hydrogens (tertiary/aromatic N) is 2. The molecule has 2 heterocycles.